The Morgan fingerprint density at radius 1 is 1.29 bits per heavy atom. The Hall–Kier alpha value is -1.65. The third-order valence-corrected chi connectivity index (χ3v) is 7.20. The first-order valence-electron chi connectivity index (χ1n) is 10.8. The number of ether oxygens (including phenoxy) is 1. The van der Waals surface area contributed by atoms with E-state index in [0.29, 0.717) is 19.0 Å². The summed E-state index contributed by atoms with van der Waals surface area (Å²) in [4.78, 5) is 15.0. The summed E-state index contributed by atoms with van der Waals surface area (Å²) in [6.45, 7) is 6.75. The molecule has 4 nitrogen and oxygen atoms in total. The molecule has 3 aliphatic rings. The summed E-state index contributed by atoms with van der Waals surface area (Å²) >= 11 is 0. The second kappa shape index (κ2) is 8.00. The van der Waals surface area contributed by atoms with E-state index in [1.807, 2.05) is 18.2 Å². The quantitative estimate of drug-likeness (QED) is 0.600. The van der Waals surface area contributed by atoms with E-state index < -0.39 is 0 Å². The molecule has 1 saturated carbocycles. The maximum atomic E-state index is 12.8. The van der Waals surface area contributed by atoms with Crippen molar-refractivity contribution < 1.29 is 14.6 Å². The van der Waals surface area contributed by atoms with Crippen molar-refractivity contribution in [2.45, 2.75) is 52.2 Å². The molecule has 1 heterocycles. The highest BCUT2D eigenvalue weighted by Gasteiger charge is 2.51. The van der Waals surface area contributed by atoms with Crippen LogP contribution in [-0.2, 0) is 16.1 Å². The van der Waals surface area contributed by atoms with Gasteiger partial charge >= 0.3 is 5.97 Å². The summed E-state index contributed by atoms with van der Waals surface area (Å²) in [6.07, 6.45) is 7.12. The van der Waals surface area contributed by atoms with Crippen LogP contribution in [0.2, 0.25) is 0 Å². The van der Waals surface area contributed by atoms with Gasteiger partial charge < -0.3 is 9.84 Å². The number of hydrogen-bond donors (Lipinski definition) is 1. The van der Waals surface area contributed by atoms with Crippen LogP contribution in [0.1, 0.15) is 45.1 Å². The zero-order chi connectivity index (χ0) is 19.7. The Labute approximate surface area is 168 Å². The molecule has 2 fully saturated rings. The molecule has 0 aromatic heterocycles. The van der Waals surface area contributed by atoms with Gasteiger partial charge in [0.1, 0.15) is 6.10 Å². The van der Waals surface area contributed by atoms with Crippen molar-refractivity contribution in [1.82, 2.24) is 4.90 Å². The van der Waals surface area contributed by atoms with Gasteiger partial charge in [-0.05, 0) is 36.2 Å². The zero-order valence-electron chi connectivity index (χ0n) is 17.1. The standard InChI is InChI=1S/C24H33NO3/c1-17-7-6-10-24(2)14-22-19(13-21(17)24)20(23(27)28-22)16-25(11-12-26)15-18-8-4-3-5-9-18/h3-5,8-9,13,17,19-20,22,26H,6-7,10-12,14-16H2,1-2H3/t17-,19+,20+,22+,24+/m0/s1. The molecule has 2 aliphatic carbocycles. The third kappa shape index (κ3) is 3.77. The fraction of sp³-hybridized carbons (Fsp3) is 0.625. The summed E-state index contributed by atoms with van der Waals surface area (Å²) in [6, 6.07) is 10.3. The number of aliphatic hydroxyl groups is 1. The fourth-order valence-electron chi connectivity index (χ4n) is 5.75. The molecule has 1 aliphatic heterocycles. The van der Waals surface area contributed by atoms with Crippen LogP contribution in [0.15, 0.2) is 42.0 Å². The first kappa shape index (κ1) is 19.7. The van der Waals surface area contributed by atoms with E-state index >= 15 is 0 Å². The molecule has 5 atom stereocenters. The van der Waals surface area contributed by atoms with Crippen LogP contribution in [0.4, 0.5) is 0 Å². The lowest BCUT2D eigenvalue weighted by molar-refractivity contribution is -0.145. The lowest BCUT2D eigenvalue weighted by Gasteiger charge is -2.46. The summed E-state index contributed by atoms with van der Waals surface area (Å²) in [7, 11) is 0. The molecule has 152 valence electrons. The maximum absolute atomic E-state index is 12.8. The Balaban J connectivity index is 1.54. The van der Waals surface area contributed by atoms with E-state index in [1.165, 1.54) is 24.8 Å². The van der Waals surface area contributed by atoms with E-state index in [9.17, 15) is 9.90 Å². The highest BCUT2D eigenvalue weighted by molar-refractivity contribution is 5.76. The summed E-state index contributed by atoms with van der Waals surface area (Å²) in [5, 5.41) is 9.54. The molecule has 1 N–H and O–H groups in total. The van der Waals surface area contributed by atoms with Crippen LogP contribution in [0.25, 0.3) is 0 Å². The van der Waals surface area contributed by atoms with Gasteiger partial charge in [0, 0.05) is 25.6 Å². The molecule has 0 unspecified atom stereocenters. The Morgan fingerprint density at radius 2 is 2.07 bits per heavy atom. The van der Waals surface area contributed by atoms with E-state index in [0.717, 1.165) is 13.0 Å². The molecule has 1 saturated heterocycles. The van der Waals surface area contributed by atoms with Crippen LogP contribution < -0.4 is 0 Å². The van der Waals surface area contributed by atoms with Gasteiger partial charge in [0.15, 0.2) is 0 Å². The predicted octanol–water partition coefficient (Wildman–Crippen LogP) is 3.80. The second-order valence-corrected chi connectivity index (χ2v) is 9.28. The van der Waals surface area contributed by atoms with Crippen LogP contribution in [0.3, 0.4) is 0 Å². The largest absolute Gasteiger partial charge is 0.461 e. The number of carbonyl (C=O) groups excluding carboxylic acids is 1. The highest BCUT2D eigenvalue weighted by Crippen LogP contribution is 2.54. The zero-order valence-corrected chi connectivity index (χ0v) is 17.1. The van der Waals surface area contributed by atoms with Gasteiger partial charge in [-0.25, -0.2) is 0 Å². The molecule has 28 heavy (non-hydrogen) atoms. The van der Waals surface area contributed by atoms with Crippen molar-refractivity contribution in [3.05, 3.63) is 47.5 Å². The molecule has 0 bridgehead atoms. The lowest BCUT2D eigenvalue weighted by Crippen LogP contribution is -2.41. The SMILES string of the molecule is C[C@H]1CCC[C@]2(C)C[C@H]3OC(=O)[C@H](CN(CCO)Cc4ccccc4)[C@H]3C=C12. The number of nitrogens with zero attached hydrogens (tertiary/aromatic N) is 1. The maximum Gasteiger partial charge on any atom is 0.311 e. The second-order valence-electron chi connectivity index (χ2n) is 9.28. The Kier molecular flexibility index (Phi) is 5.62. The van der Waals surface area contributed by atoms with E-state index in [1.54, 1.807) is 5.57 Å². The Morgan fingerprint density at radius 3 is 2.82 bits per heavy atom. The van der Waals surface area contributed by atoms with Crippen molar-refractivity contribution in [1.29, 1.82) is 0 Å². The molecule has 0 radical (unpaired) electrons. The van der Waals surface area contributed by atoms with Crippen molar-refractivity contribution >= 4 is 5.97 Å². The number of benzene rings is 1. The number of allylic oxidation sites excluding steroid dienone is 1. The summed E-state index contributed by atoms with van der Waals surface area (Å²) in [5.41, 5.74) is 2.96. The smallest absolute Gasteiger partial charge is 0.311 e. The number of esters is 1. The van der Waals surface area contributed by atoms with Crippen molar-refractivity contribution in [2.75, 3.05) is 19.7 Å². The lowest BCUT2D eigenvalue weighted by atomic mass is 9.59. The number of hydrogen-bond acceptors (Lipinski definition) is 4. The first-order chi connectivity index (χ1) is 13.5. The third-order valence-electron chi connectivity index (χ3n) is 7.20. The van der Waals surface area contributed by atoms with Gasteiger partial charge in [-0.1, -0.05) is 62.2 Å². The molecule has 1 aromatic carbocycles. The molecule has 4 rings (SSSR count). The van der Waals surface area contributed by atoms with Gasteiger partial charge in [-0.3, -0.25) is 9.69 Å². The first-order valence-corrected chi connectivity index (χ1v) is 10.8. The fourth-order valence-corrected chi connectivity index (χ4v) is 5.75. The van der Waals surface area contributed by atoms with Gasteiger partial charge in [-0.15, -0.1) is 0 Å². The van der Waals surface area contributed by atoms with Gasteiger partial charge in [0.2, 0.25) is 0 Å². The van der Waals surface area contributed by atoms with E-state index in [4.69, 9.17) is 4.74 Å². The molecule has 0 spiro atoms. The van der Waals surface area contributed by atoms with Gasteiger partial charge in [0.25, 0.3) is 0 Å². The van der Waals surface area contributed by atoms with Crippen LogP contribution in [0, 0.1) is 23.2 Å². The molecule has 0 amide bonds. The minimum Gasteiger partial charge on any atom is -0.461 e. The predicted molar refractivity (Wildman–Crippen MR) is 109 cm³/mol. The van der Waals surface area contributed by atoms with Crippen molar-refractivity contribution in [3.8, 4) is 0 Å². The normalized spacial score (nSPS) is 34.6. The number of rotatable bonds is 6. The Bertz CT molecular complexity index is 731. The molecule has 1 aromatic rings. The van der Waals surface area contributed by atoms with Gasteiger partial charge in [-0.2, -0.15) is 0 Å². The summed E-state index contributed by atoms with van der Waals surface area (Å²) in [5.74, 6) is 0.589. The van der Waals surface area contributed by atoms with Crippen LogP contribution in [0.5, 0.6) is 0 Å². The average Bonchev–Trinajstić information content (AvgIpc) is 2.95. The minimum absolute atomic E-state index is 0.0178. The van der Waals surface area contributed by atoms with Crippen LogP contribution in [-0.4, -0.2) is 41.8 Å². The molecular formula is C24H33NO3. The van der Waals surface area contributed by atoms with Crippen LogP contribution >= 0.6 is 0 Å². The highest BCUT2D eigenvalue weighted by atomic mass is 16.6. The topological polar surface area (TPSA) is 49.8 Å². The number of fused-ring (bicyclic) bond motifs is 2. The summed E-state index contributed by atoms with van der Waals surface area (Å²) < 4.78 is 5.88. The van der Waals surface area contributed by atoms with E-state index in [2.05, 4.69) is 37.0 Å². The molecule has 4 heteroatoms. The molecular weight excluding hydrogens is 350 g/mol. The number of carbonyl (C=O) groups is 1. The van der Waals surface area contributed by atoms with E-state index in [-0.39, 0.29) is 35.9 Å². The van der Waals surface area contributed by atoms with Crippen molar-refractivity contribution in [2.24, 2.45) is 23.2 Å². The number of aliphatic hydroxyl groups excluding tert-OH is 1. The monoisotopic (exact) mass is 383 g/mol. The average molecular weight is 384 g/mol. The minimum atomic E-state index is -0.133. The van der Waals surface area contributed by atoms with Crippen molar-refractivity contribution in [3.63, 3.8) is 0 Å². The van der Waals surface area contributed by atoms with Gasteiger partial charge in [0.05, 0.1) is 12.5 Å².